The first-order chi connectivity index (χ1) is 15.9. The molecular weight excluding hydrogens is 471 g/mol. The van der Waals surface area contributed by atoms with Crippen LogP contribution in [0.3, 0.4) is 0 Å². The largest absolute Gasteiger partial charge is 0.490 e. The zero-order chi connectivity index (χ0) is 23.8. The van der Waals surface area contributed by atoms with E-state index in [-0.39, 0.29) is 12.6 Å². The molecule has 1 aliphatic carbocycles. The smallest absolute Gasteiger partial charge is 0.329 e. The Morgan fingerprint density at radius 2 is 1.85 bits per heavy atom. The average Bonchev–Trinajstić information content (AvgIpc) is 3.59. The number of benzene rings is 2. The van der Waals surface area contributed by atoms with E-state index in [9.17, 15) is 14.4 Å². The number of carbonyl (C=O) groups excluding carboxylic acids is 3. The predicted octanol–water partition coefficient (Wildman–Crippen LogP) is 3.14. The number of nitrogens with zero attached hydrogens (tertiary/aromatic N) is 1. The van der Waals surface area contributed by atoms with Crippen LogP contribution >= 0.6 is 23.2 Å². The van der Waals surface area contributed by atoms with Crippen LogP contribution in [0.25, 0.3) is 0 Å². The summed E-state index contributed by atoms with van der Waals surface area (Å²) in [5.41, 5.74) is 3.18. The van der Waals surface area contributed by atoms with Crippen molar-refractivity contribution in [2.75, 3.05) is 18.5 Å². The molecule has 11 heteroatoms. The van der Waals surface area contributed by atoms with Gasteiger partial charge in [-0.15, -0.1) is 0 Å². The number of carbonyl (C=O) groups is 3. The predicted molar refractivity (Wildman–Crippen MR) is 125 cm³/mol. The monoisotopic (exact) mass is 492 g/mol. The lowest BCUT2D eigenvalue weighted by Gasteiger charge is -2.13. The van der Waals surface area contributed by atoms with Crippen molar-refractivity contribution in [3.05, 3.63) is 52.0 Å². The normalized spacial score (nSPS) is 12.8. The lowest BCUT2D eigenvalue weighted by molar-refractivity contribution is -0.139. The van der Waals surface area contributed by atoms with Crippen LogP contribution in [0.5, 0.6) is 11.5 Å². The highest BCUT2D eigenvalue weighted by molar-refractivity contribution is 6.36. The van der Waals surface area contributed by atoms with Gasteiger partial charge in [-0.25, -0.2) is 5.43 Å². The molecule has 174 valence electrons. The van der Waals surface area contributed by atoms with Gasteiger partial charge in [-0.1, -0.05) is 23.2 Å². The summed E-state index contributed by atoms with van der Waals surface area (Å²) in [6, 6.07) is 9.71. The summed E-state index contributed by atoms with van der Waals surface area (Å²) in [7, 11) is 0. The molecule has 2 aromatic rings. The summed E-state index contributed by atoms with van der Waals surface area (Å²) < 4.78 is 11.2. The van der Waals surface area contributed by atoms with Gasteiger partial charge in [0.1, 0.15) is 0 Å². The van der Waals surface area contributed by atoms with Crippen LogP contribution < -0.4 is 25.5 Å². The van der Waals surface area contributed by atoms with Crippen LogP contribution in [0, 0.1) is 0 Å². The van der Waals surface area contributed by atoms with Crippen LogP contribution in [0.15, 0.2) is 41.5 Å². The highest BCUT2D eigenvalue weighted by Crippen LogP contribution is 2.29. The van der Waals surface area contributed by atoms with Gasteiger partial charge in [-0.3, -0.25) is 14.4 Å². The van der Waals surface area contributed by atoms with Crippen molar-refractivity contribution in [1.29, 1.82) is 0 Å². The molecule has 3 rings (SSSR count). The van der Waals surface area contributed by atoms with Crippen LogP contribution in [0.1, 0.15) is 25.3 Å². The van der Waals surface area contributed by atoms with E-state index in [0.29, 0.717) is 39.4 Å². The van der Waals surface area contributed by atoms with Crippen molar-refractivity contribution in [1.82, 2.24) is 10.7 Å². The van der Waals surface area contributed by atoms with Crippen molar-refractivity contribution >= 4 is 52.8 Å². The topological polar surface area (TPSA) is 118 Å². The first-order valence-corrected chi connectivity index (χ1v) is 10.9. The molecule has 33 heavy (non-hydrogen) atoms. The Hall–Kier alpha value is -3.30. The number of hydrogen-bond donors (Lipinski definition) is 3. The Morgan fingerprint density at radius 3 is 2.55 bits per heavy atom. The molecule has 2 aromatic carbocycles. The van der Waals surface area contributed by atoms with E-state index in [1.54, 1.807) is 37.3 Å². The molecule has 3 amide bonds. The van der Waals surface area contributed by atoms with Crippen LogP contribution in [0.4, 0.5) is 5.69 Å². The summed E-state index contributed by atoms with van der Waals surface area (Å²) in [5.74, 6) is -1.24. The van der Waals surface area contributed by atoms with Gasteiger partial charge in [0.2, 0.25) is 0 Å². The molecule has 0 saturated heterocycles. The Bertz CT molecular complexity index is 1070. The SMILES string of the molecule is CCOc1cc(/C=N\NC(=O)C(=O)NC2CC2)ccc1OCC(=O)Nc1ccc(Cl)cc1Cl. The molecule has 0 aromatic heterocycles. The van der Waals surface area contributed by atoms with Crippen molar-refractivity contribution in [2.45, 2.75) is 25.8 Å². The van der Waals surface area contributed by atoms with Crippen LogP contribution in [0.2, 0.25) is 10.0 Å². The number of halogens is 2. The minimum absolute atomic E-state index is 0.0822. The van der Waals surface area contributed by atoms with Gasteiger partial charge in [-0.05, 0) is 61.7 Å². The molecule has 1 saturated carbocycles. The second kappa shape index (κ2) is 11.5. The number of hydrogen-bond acceptors (Lipinski definition) is 6. The Balaban J connectivity index is 1.56. The molecule has 0 bridgehead atoms. The number of rotatable bonds is 9. The molecule has 0 spiro atoms. The maximum Gasteiger partial charge on any atom is 0.329 e. The maximum absolute atomic E-state index is 12.2. The zero-order valence-electron chi connectivity index (χ0n) is 17.7. The standard InChI is InChI=1S/C22H22Cl2N4O5/c1-2-32-19-9-13(11-25-28-22(31)21(30)26-15-5-6-15)3-8-18(19)33-12-20(29)27-17-7-4-14(23)10-16(17)24/h3-4,7-11,15H,2,5-6,12H2,1H3,(H,26,30)(H,27,29)(H,28,31)/b25-11-. The van der Waals surface area contributed by atoms with E-state index in [1.807, 2.05) is 0 Å². The molecule has 0 unspecified atom stereocenters. The molecule has 0 atom stereocenters. The van der Waals surface area contributed by atoms with E-state index < -0.39 is 17.7 Å². The van der Waals surface area contributed by atoms with E-state index in [4.69, 9.17) is 32.7 Å². The molecule has 3 N–H and O–H groups in total. The first-order valence-electron chi connectivity index (χ1n) is 10.1. The minimum Gasteiger partial charge on any atom is -0.490 e. The van der Waals surface area contributed by atoms with Gasteiger partial charge >= 0.3 is 11.8 Å². The number of hydrazone groups is 1. The Morgan fingerprint density at radius 1 is 1.06 bits per heavy atom. The molecule has 1 aliphatic rings. The third-order valence-corrected chi connectivity index (χ3v) is 4.88. The maximum atomic E-state index is 12.2. The van der Waals surface area contributed by atoms with E-state index in [1.165, 1.54) is 12.3 Å². The van der Waals surface area contributed by atoms with Gasteiger partial charge in [0, 0.05) is 11.1 Å². The van der Waals surface area contributed by atoms with Crippen LogP contribution in [-0.2, 0) is 14.4 Å². The van der Waals surface area contributed by atoms with Gasteiger partial charge in [-0.2, -0.15) is 5.10 Å². The van der Waals surface area contributed by atoms with E-state index >= 15 is 0 Å². The minimum atomic E-state index is -0.838. The lowest BCUT2D eigenvalue weighted by Crippen LogP contribution is -2.38. The second-order valence-electron chi connectivity index (χ2n) is 7.05. The van der Waals surface area contributed by atoms with E-state index in [2.05, 4.69) is 21.2 Å². The highest BCUT2D eigenvalue weighted by atomic mass is 35.5. The summed E-state index contributed by atoms with van der Waals surface area (Å²) in [6.07, 6.45) is 3.13. The molecule has 0 radical (unpaired) electrons. The fourth-order valence-corrected chi connectivity index (χ4v) is 3.06. The fraction of sp³-hybridized carbons (Fsp3) is 0.273. The lowest BCUT2D eigenvalue weighted by atomic mass is 10.2. The molecular formula is C22H22Cl2N4O5. The third kappa shape index (κ3) is 7.65. The van der Waals surface area contributed by atoms with Gasteiger partial charge in [0.05, 0.1) is 23.5 Å². The number of anilines is 1. The summed E-state index contributed by atoms with van der Waals surface area (Å²) in [5, 5.41) is 9.78. The van der Waals surface area contributed by atoms with Crippen molar-refractivity contribution in [3.8, 4) is 11.5 Å². The first kappa shape index (κ1) is 24.3. The Labute approximate surface area is 200 Å². The van der Waals surface area contributed by atoms with Gasteiger partial charge in [0.15, 0.2) is 18.1 Å². The average molecular weight is 493 g/mol. The second-order valence-corrected chi connectivity index (χ2v) is 7.89. The highest BCUT2D eigenvalue weighted by Gasteiger charge is 2.26. The molecule has 0 aliphatic heterocycles. The molecule has 9 nitrogen and oxygen atoms in total. The van der Waals surface area contributed by atoms with Crippen LogP contribution in [-0.4, -0.2) is 43.2 Å². The van der Waals surface area contributed by atoms with Crippen molar-refractivity contribution < 1.29 is 23.9 Å². The van der Waals surface area contributed by atoms with E-state index in [0.717, 1.165) is 12.8 Å². The number of nitrogens with one attached hydrogen (secondary N) is 3. The number of ether oxygens (including phenoxy) is 2. The summed E-state index contributed by atoms with van der Waals surface area (Å²) in [6.45, 7) is 1.89. The quantitative estimate of drug-likeness (QED) is 0.282. The van der Waals surface area contributed by atoms with Gasteiger partial charge < -0.3 is 20.1 Å². The van der Waals surface area contributed by atoms with Crippen molar-refractivity contribution in [2.24, 2.45) is 5.10 Å². The summed E-state index contributed by atoms with van der Waals surface area (Å²) in [4.78, 5) is 35.5. The van der Waals surface area contributed by atoms with Crippen molar-refractivity contribution in [3.63, 3.8) is 0 Å². The number of amides is 3. The summed E-state index contributed by atoms with van der Waals surface area (Å²) >= 11 is 11.9. The molecule has 1 fully saturated rings. The fourth-order valence-electron chi connectivity index (χ4n) is 2.61. The third-order valence-electron chi connectivity index (χ3n) is 4.33. The molecule has 0 heterocycles. The Kier molecular flexibility index (Phi) is 8.51. The zero-order valence-corrected chi connectivity index (χ0v) is 19.2. The van der Waals surface area contributed by atoms with Gasteiger partial charge in [0.25, 0.3) is 5.91 Å².